The second kappa shape index (κ2) is 8.21. The Labute approximate surface area is 164 Å². The zero-order valence-corrected chi connectivity index (χ0v) is 15.6. The average molecular weight is 402 g/mol. The molecule has 0 aliphatic heterocycles. The van der Waals surface area contributed by atoms with Gasteiger partial charge in [0, 0.05) is 30.2 Å². The highest BCUT2D eigenvalue weighted by Gasteiger charge is 2.31. The molecule has 1 unspecified atom stereocenters. The molecule has 0 fully saturated rings. The van der Waals surface area contributed by atoms with Crippen molar-refractivity contribution in [3.8, 4) is 11.4 Å². The number of carbonyl (C=O) groups is 1. The predicted octanol–water partition coefficient (Wildman–Crippen LogP) is 3.41. The third-order valence-electron chi connectivity index (χ3n) is 3.94. The Balaban J connectivity index is 1.70. The summed E-state index contributed by atoms with van der Waals surface area (Å²) in [6.45, 7) is 3.33. The van der Waals surface area contributed by atoms with Crippen LogP contribution in [0, 0.1) is 6.92 Å². The number of alkyl halides is 3. The maximum atomic E-state index is 13.0. The van der Waals surface area contributed by atoms with Gasteiger partial charge in [-0.05, 0) is 37.6 Å². The second-order valence-electron chi connectivity index (χ2n) is 6.31. The van der Waals surface area contributed by atoms with Crippen LogP contribution >= 0.6 is 0 Å². The van der Waals surface area contributed by atoms with Crippen molar-refractivity contribution >= 4 is 12.1 Å². The van der Waals surface area contributed by atoms with Gasteiger partial charge < -0.3 is 5.32 Å². The fraction of sp³-hybridized carbons (Fsp3) is 0.211. The maximum Gasteiger partial charge on any atom is 0.416 e. The summed E-state index contributed by atoms with van der Waals surface area (Å²) in [5.74, 6) is -0.271. The standard InChI is InChI=1S/C19H17F3N6O/c1-12-7-14(9-15(8-12)19(20,21)22)18-25-11-28(27-18)6-3-17(29)26-13(2)16-10-23-4-5-24-16/h3-11,13H,1-2H3,(H,26,29)/b6-3-. The lowest BCUT2D eigenvalue weighted by Gasteiger charge is -2.10. The molecule has 1 atom stereocenters. The maximum absolute atomic E-state index is 13.0. The van der Waals surface area contributed by atoms with Crippen LogP contribution in [0.4, 0.5) is 13.2 Å². The Bertz CT molecular complexity index is 1030. The van der Waals surface area contributed by atoms with Crippen molar-refractivity contribution in [3.05, 3.63) is 66.0 Å². The lowest BCUT2D eigenvalue weighted by Crippen LogP contribution is -2.25. The van der Waals surface area contributed by atoms with Gasteiger partial charge >= 0.3 is 6.18 Å². The minimum atomic E-state index is -4.46. The van der Waals surface area contributed by atoms with Crippen LogP contribution in [-0.4, -0.2) is 30.6 Å². The van der Waals surface area contributed by atoms with E-state index in [1.54, 1.807) is 26.1 Å². The molecule has 0 saturated carbocycles. The molecule has 150 valence electrons. The van der Waals surface area contributed by atoms with Gasteiger partial charge in [0.25, 0.3) is 0 Å². The number of halogens is 3. The predicted molar refractivity (Wildman–Crippen MR) is 99.1 cm³/mol. The molecule has 0 bridgehead atoms. The summed E-state index contributed by atoms with van der Waals surface area (Å²) in [4.78, 5) is 24.1. The third kappa shape index (κ3) is 5.24. The third-order valence-corrected chi connectivity index (χ3v) is 3.94. The highest BCUT2D eigenvalue weighted by Crippen LogP contribution is 2.32. The first kappa shape index (κ1) is 20.2. The number of hydrogen-bond donors (Lipinski definition) is 1. The second-order valence-corrected chi connectivity index (χ2v) is 6.31. The molecular weight excluding hydrogens is 385 g/mol. The van der Waals surface area contributed by atoms with Crippen molar-refractivity contribution in [1.29, 1.82) is 0 Å². The molecule has 7 nitrogen and oxygen atoms in total. The molecule has 0 spiro atoms. The molecule has 1 aromatic carbocycles. The molecule has 2 aromatic heterocycles. The van der Waals surface area contributed by atoms with E-state index in [9.17, 15) is 18.0 Å². The van der Waals surface area contributed by atoms with Gasteiger partial charge in [0.05, 0.1) is 23.5 Å². The molecule has 0 radical (unpaired) electrons. The Morgan fingerprint density at radius 3 is 2.69 bits per heavy atom. The zero-order chi connectivity index (χ0) is 21.0. The molecule has 3 aromatic rings. The minimum absolute atomic E-state index is 0.122. The number of nitrogens with zero attached hydrogens (tertiary/aromatic N) is 5. The topological polar surface area (TPSA) is 85.6 Å². The van der Waals surface area contributed by atoms with E-state index in [0.29, 0.717) is 11.3 Å². The highest BCUT2D eigenvalue weighted by molar-refractivity contribution is 5.90. The zero-order valence-electron chi connectivity index (χ0n) is 15.6. The van der Waals surface area contributed by atoms with Gasteiger partial charge in [-0.2, -0.15) is 13.2 Å². The molecule has 10 heteroatoms. The molecule has 0 aliphatic carbocycles. The van der Waals surface area contributed by atoms with Crippen LogP contribution in [0.3, 0.4) is 0 Å². The van der Waals surface area contributed by atoms with Gasteiger partial charge in [-0.15, -0.1) is 5.10 Å². The first-order valence-corrected chi connectivity index (χ1v) is 8.57. The van der Waals surface area contributed by atoms with Gasteiger partial charge in [0.15, 0.2) is 5.82 Å². The molecule has 1 amide bonds. The van der Waals surface area contributed by atoms with Crippen molar-refractivity contribution in [2.75, 3.05) is 0 Å². The van der Waals surface area contributed by atoms with Crippen molar-refractivity contribution in [2.45, 2.75) is 26.1 Å². The van der Waals surface area contributed by atoms with Crippen LogP contribution in [0.5, 0.6) is 0 Å². The fourth-order valence-corrected chi connectivity index (χ4v) is 2.57. The number of benzene rings is 1. The van der Waals surface area contributed by atoms with E-state index < -0.39 is 17.6 Å². The van der Waals surface area contributed by atoms with Crippen LogP contribution in [0.2, 0.25) is 0 Å². The summed E-state index contributed by atoms with van der Waals surface area (Å²) in [6, 6.07) is 3.27. The van der Waals surface area contributed by atoms with Crippen molar-refractivity contribution < 1.29 is 18.0 Å². The molecule has 3 rings (SSSR count). The number of carbonyl (C=O) groups excluding carboxylic acids is 1. The number of aromatic nitrogens is 5. The lowest BCUT2D eigenvalue weighted by molar-refractivity contribution is -0.137. The van der Waals surface area contributed by atoms with Crippen LogP contribution < -0.4 is 5.32 Å². The largest absolute Gasteiger partial charge is 0.416 e. The van der Waals surface area contributed by atoms with E-state index in [4.69, 9.17) is 0 Å². The molecule has 0 aliphatic rings. The monoisotopic (exact) mass is 402 g/mol. The summed E-state index contributed by atoms with van der Waals surface area (Å²) in [6.07, 6.45) is 4.06. The average Bonchev–Trinajstić information content (AvgIpc) is 3.15. The Morgan fingerprint density at radius 1 is 1.21 bits per heavy atom. The summed E-state index contributed by atoms with van der Waals surface area (Å²) < 4.78 is 40.2. The van der Waals surface area contributed by atoms with Crippen LogP contribution in [-0.2, 0) is 11.0 Å². The number of amides is 1. The van der Waals surface area contributed by atoms with Crippen molar-refractivity contribution in [1.82, 2.24) is 30.0 Å². The van der Waals surface area contributed by atoms with Crippen LogP contribution in [0.15, 0.2) is 49.2 Å². The minimum Gasteiger partial charge on any atom is -0.344 e. The first-order chi connectivity index (χ1) is 13.7. The van der Waals surface area contributed by atoms with Crippen molar-refractivity contribution in [3.63, 3.8) is 0 Å². The van der Waals surface area contributed by atoms with Gasteiger partial charge in [-0.25, -0.2) is 9.67 Å². The van der Waals surface area contributed by atoms with Gasteiger partial charge in [0.2, 0.25) is 5.91 Å². The molecule has 0 saturated heterocycles. The first-order valence-electron chi connectivity index (χ1n) is 8.57. The normalized spacial score (nSPS) is 12.9. The smallest absolute Gasteiger partial charge is 0.344 e. The van der Waals surface area contributed by atoms with E-state index in [-0.39, 0.29) is 17.4 Å². The van der Waals surface area contributed by atoms with E-state index >= 15 is 0 Å². The molecular formula is C19H17F3N6O. The SMILES string of the molecule is Cc1cc(-c2ncn(/C=C\C(=O)NC(C)c3cnccn3)n2)cc(C(F)(F)F)c1. The van der Waals surface area contributed by atoms with Gasteiger partial charge in [0.1, 0.15) is 6.33 Å². The van der Waals surface area contributed by atoms with E-state index in [0.717, 1.165) is 12.1 Å². The molecule has 1 N–H and O–H groups in total. The summed E-state index contributed by atoms with van der Waals surface area (Å²) >= 11 is 0. The molecule has 29 heavy (non-hydrogen) atoms. The fourth-order valence-electron chi connectivity index (χ4n) is 2.57. The number of aryl methyl sites for hydroxylation is 1. The Kier molecular flexibility index (Phi) is 5.71. The summed E-state index contributed by atoms with van der Waals surface area (Å²) in [5, 5.41) is 6.82. The number of nitrogens with one attached hydrogen (secondary N) is 1. The number of hydrogen-bond acceptors (Lipinski definition) is 5. The quantitative estimate of drug-likeness (QED) is 0.661. The van der Waals surface area contributed by atoms with Gasteiger partial charge in [-0.3, -0.25) is 14.8 Å². The number of rotatable bonds is 5. The Morgan fingerprint density at radius 2 is 2.00 bits per heavy atom. The lowest BCUT2D eigenvalue weighted by atomic mass is 10.1. The highest BCUT2D eigenvalue weighted by atomic mass is 19.4. The van der Waals surface area contributed by atoms with E-state index in [1.807, 2.05) is 0 Å². The van der Waals surface area contributed by atoms with Crippen LogP contribution in [0.1, 0.15) is 29.8 Å². The van der Waals surface area contributed by atoms with Gasteiger partial charge in [-0.1, -0.05) is 0 Å². The van der Waals surface area contributed by atoms with Crippen molar-refractivity contribution in [2.24, 2.45) is 0 Å². The van der Waals surface area contributed by atoms with E-state index in [1.165, 1.54) is 35.7 Å². The molecule has 2 heterocycles. The van der Waals surface area contributed by atoms with E-state index in [2.05, 4.69) is 25.4 Å². The van der Waals surface area contributed by atoms with Crippen LogP contribution in [0.25, 0.3) is 17.6 Å². The summed E-state index contributed by atoms with van der Waals surface area (Å²) in [5.41, 5.74) is 0.526. The Hall–Kier alpha value is -3.56. The summed E-state index contributed by atoms with van der Waals surface area (Å²) in [7, 11) is 0.